The van der Waals surface area contributed by atoms with Crippen LogP contribution in [0, 0.1) is 0 Å². The number of halogens is 2. The molecule has 0 radical (unpaired) electrons. The van der Waals surface area contributed by atoms with Crippen LogP contribution in [0.25, 0.3) is 0 Å². The Hall–Kier alpha value is -2.18. The maximum absolute atomic E-state index is 14.0. The number of hydrogen-bond acceptors (Lipinski definition) is 4. The Kier molecular flexibility index (Phi) is 6.90. The van der Waals surface area contributed by atoms with Crippen LogP contribution in [0.15, 0.2) is 24.3 Å². The Morgan fingerprint density at radius 3 is 2.08 bits per heavy atom. The molecule has 1 aromatic rings. The van der Waals surface area contributed by atoms with Gasteiger partial charge in [-0.15, -0.1) is 0 Å². The van der Waals surface area contributed by atoms with Crippen molar-refractivity contribution in [2.45, 2.75) is 52.7 Å². The van der Waals surface area contributed by atoms with Crippen molar-refractivity contribution >= 4 is 12.1 Å². The zero-order valence-corrected chi connectivity index (χ0v) is 15.3. The highest BCUT2D eigenvalue weighted by Gasteiger charge is 2.42. The van der Waals surface area contributed by atoms with Crippen LogP contribution in [0.2, 0.25) is 0 Å². The lowest BCUT2D eigenvalue weighted by Crippen LogP contribution is -2.36. The number of benzene rings is 1. The van der Waals surface area contributed by atoms with Crippen molar-refractivity contribution in [1.29, 1.82) is 0 Å². The average molecular weight is 357 g/mol. The molecule has 140 valence electrons. The maximum atomic E-state index is 14.0. The fourth-order valence-electron chi connectivity index (χ4n) is 2.01. The second-order valence-electron chi connectivity index (χ2n) is 6.49. The van der Waals surface area contributed by atoms with Gasteiger partial charge in [0.25, 0.3) is 0 Å². The molecular weight excluding hydrogens is 332 g/mol. The van der Waals surface area contributed by atoms with Gasteiger partial charge in [-0.05, 0) is 40.2 Å². The van der Waals surface area contributed by atoms with Gasteiger partial charge < -0.3 is 14.4 Å². The third-order valence-corrected chi connectivity index (χ3v) is 3.26. The lowest BCUT2D eigenvalue weighted by atomic mass is 10.1. The molecule has 25 heavy (non-hydrogen) atoms. The van der Waals surface area contributed by atoms with E-state index < -0.39 is 29.1 Å². The summed E-state index contributed by atoms with van der Waals surface area (Å²) in [6.45, 7) is 9.08. The third-order valence-electron chi connectivity index (χ3n) is 3.26. The Morgan fingerprint density at radius 1 is 1.08 bits per heavy atom. The topological polar surface area (TPSA) is 55.8 Å². The van der Waals surface area contributed by atoms with Crippen LogP contribution < -0.4 is 0 Å². The van der Waals surface area contributed by atoms with Gasteiger partial charge >= 0.3 is 18.0 Å². The Balaban J connectivity index is 2.85. The summed E-state index contributed by atoms with van der Waals surface area (Å²) in [6.07, 6.45) is -0.476. The first-order chi connectivity index (χ1) is 11.5. The summed E-state index contributed by atoms with van der Waals surface area (Å²) in [5.41, 5.74) is -0.415. The molecule has 0 saturated carbocycles. The van der Waals surface area contributed by atoms with E-state index in [-0.39, 0.29) is 13.2 Å². The normalized spacial score (nSPS) is 11.8. The lowest BCUT2D eigenvalue weighted by Gasteiger charge is -2.26. The number of nitrogens with zero attached hydrogens (tertiary/aromatic N) is 1. The SMILES string of the molecule is CCOC(=O)C(F)(F)c1ccc(CN(CC)C(=O)OC(C)(C)C)cc1. The van der Waals surface area contributed by atoms with Crippen LogP contribution in [-0.2, 0) is 26.7 Å². The zero-order chi connectivity index (χ0) is 19.3. The first-order valence-corrected chi connectivity index (χ1v) is 8.13. The van der Waals surface area contributed by atoms with Crippen molar-refractivity contribution in [3.05, 3.63) is 35.4 Å². The number of ether oxygens (including phenoxy) is 2. The minimum absolute atomic E-state index is 0.117. The molecule has 0 aromatic heterocycles. The van der Waals surface area contributed by atoms with Gasteiger partial charge in [0.05, 0.1) is 6.61 Å². The van der Waals surface area contributed by atoms with Crippen LogP contribution in [-0.4, -0.2) is 35.7 Å². The van der Waals surface area contributed by atoms with E-state index in [1.165, 1.54) is 24.0 Å². The highest BCUT2D eigenvalue weighted by molar-refractivity contribution is 5.79. The summed E-state index contributed by atoms with van der Waals surface area (Å²) < 4.78 is 37.6. The van der Waals surface area contributed by atoms with Crippen LogP contribution in [0.1, 0.15) is 45.7 Å². The number of rotatable bonds is 6. The summed E-state index contributed by atoms with van der Waals surface area (Å²) in [6, 6.07) is 5.23. The van der Waals surface area contributed by atoms with E-state index in [1.807, 2.05) is 0 Å². The van der Waals surface area contributed by atoms with Crippen molar-refractivity contribution in [1.82, 2.24) is 4.90 Å². The van der Waals surface area contributed by atoms with E-state index in [0.717, 1.165) is 12.1 Å². The maximum Gasteiger partial charge on any atom is 0.410 e. The van der Waals surface area contributed by atoms with Crippen LogP contribution in [0.3, 0.4) is 0 Å². The molecule has 0 spiro atoms. The van der Waals surface area contributed by atoms with E-state index in [0.29, 0.717) is 12.1 Å². The lowest BCUT2D eigenvalue weighted by molar-refractivity contribution is -0.173. The van der Waals surface area contributed by atoms with Crippen molar-refractivity contribution < 1.29 is 27.8 Å². The van der Waals surface area contributed by atoms with E-state index in [4.69, 9.17) is 4.74 Å². The van der Waals surface area contributed by atoms with Gasteiger partial charge in [-0.25, -0.2) is 9.59 Å². The molecule has 0 unspecified atom stereocenters. The summed E-state index contributed by atoms with van der Waals surface area (Å²) in [7, 11) is 0. The van der Waals surface area contributed by atoms with E-state index in [1.54, 1.807) is 27.7 Å². The number of amides is 1. The number of carbonyl (C=O) groups is 2. The summed E-state index contributed by atoms with van der Waals surface area (Å²) in [4.78, 5) is 24.9. The minimum Gasteiger partial charge on any atom is -0.461 e. The third kappa shape index (κ3) is 5.99. The van der Waals surface area contributed by atoms with Gasteiger partial charge in [-0.3, -0.25) is 0 Å². The van der Waals surface area contributed by atoms with Gasteiger partial charge in [0.15, 0.2) is 0 Å². The smallest absolute Gasteiger partial charge is 0.410 e. The van der Waals surface area contributed by atoms with Gasteiger partial charge in [-0.2, -0.15) is 8.78 Å². The molecule has 1 aromatic carbocycles. The van der Waals surface area contributed by atoms with Crippen molar-refractivity contribution in [2.75, 3.05) is 13.2 Å². The fraction of sp³-hybridized carbons (Fsp3) is 0.556. The van der Waals surface area contributed by atoms with Crippen LogP contribution >= 0.6 is 0 Å². The molecule has 0 aliphatic heterocycles. The van der Waals surface area contributed by atoms with Crippen LogP contribution in [0.4, 0.5) is 13.6 Å². The average Bonchev–Trinajstić information content (AvgIpc) is 2.51. The molecule has 5 nitrogen and oxygen atoms in total. The first kappa shape index (κ1) is 20.9. The van der Waals surface area contributed by atoms with Crippen molar-refractivity contribution in [3.63, 3.8) is 0 Å². The zero-order valence-electron chi connectivity index (χ0n) is 15.3. The molecule has 0 N–H and O–H groups in total. The number of hydrogen-bond donors (Lipinski definition) is 0. The second-order valence-corrected chi connectivity index (χ2v) is 6.49. The highest BCUT2D eigenvalue weighted by atomic mass is 19.3. The molecule has 0 heterocycles. The summed E-state index contributed by atoms with van der Waals surface area (Å²) in [5.74, 6) is -5.28. The Labute approximate surface area is 146 Å². The minimum atomic E-state index is -3.70. The molecule has 0 bridgehead atoms. The molecular formula is C18H25F2NO4. The monoisotopic (exact) mass is 357 g/mol. The molecule has 0 saturated heterocycles. The number of alkyl halides is 2. The van der Waals surface area contributed by atoms with Crippen molar-refractivity contribution in [3.8, 4) is 0 Å². The van der Waals surface area contributed by atoms with E-state index in [2.05, 4.69) is 4.74 Å². The van der Waals surface area contributed by atoms with E-state index >= 15 is 0 Å². The molecule has 0 aliphatic carbocycles. The predicted molar refractivity (Wildman–Crippen MR) is 89.3 cm³/mol. The first-order valence-electron chi connectivity index (χ1n) is 8.13. The Morgan fingerprint density at radius 2 is 1.64 bits per heavy atom. The van der Waals surface area contributed by atoms with Gasteiger partial charge in [0, 0.05) is 18.7 Å². The molecule has 0 aliphatic rings. The molecule has 1 amide bonds. The molecule has 0 fully saturated rings. The Bertz CT molecular complexity index is 594. The van der Waals surface area contributed by atoms with Gasteiger partial charge in [-0.1, -0.05) is 24.3 Å². The largest absolute Gasteiger partial charge is 0.461 e. The van der Waals surface area contributed by atoms with Gasteiger partial charge in [0.1, 0.15) is 5.60 Å². The van der Waals surface area contributed by atoms with E-state index in [9.17, 15) is 18.4 Å². The molecule has 7 heteroatoms. The highest BCUT2D eigenvalue weighted by Crippen LogP contribution is 2.29. The van der Waals surface area contributed by atoms with Gasteiger partial charge in [0.2, 0.25) is 0 Å². The number of carbonyl (C=O) groups excluding carboxylic acids is 2. The summed E-state index contributed by atoms with van der Waals surface area (Å²) in [5, 5.41) is 0. The quantitative estimate of drug-likeness (QED) is 0.719. The summed E-state index contributed by atoms with van der Waals surface area (Å²) >= 11 is 0. The predicted octanol–water partition coefficient (Wildman–Crippen LogP) is 4.10. The number of esters is 1. The fourth-order valence-corrected chi connectivity index (χ4v) is 2.01. The molecule has 0 atom stereocenters. The standard InChI is InChI=1S/C18H25F2NO4/c1-6-21(16(23)25-17(3,4)5)12-13-8-10-14(11-9-13)18(19,20)15(22)24-7-2/h8-11H,6-7,12H2,1-5H3. The van der Waals surface area contributed by atoms with Crippen LogP contribution in [0.5, 0.6) is 0 Å². The molecule has 1 rings (SSSR count). The second kappa shape index (κ2) is 8.27. The van der Waals surface area contributed by atoms with Crippen molar-refractivity contribution in [2.24, 2.45) is 0 Å².